The van der Waals surface area contributed by atoms with Gasteiger partial charge in [0.1, 0.15) is 17.5 Å². The Bertz CT molecular complexity index is 716. The molecule has 1 N–H and O–H groups in total. The van der Waals surface area contributed by atoms with Crippen molar-refractivity contribution in [1.82, 2.24) is 19.1 Å². The van der Waals surface area contributed by atoms with Crippen LogP contribution in [-0.2, 0) is 20.0 Å². The van der Waals surface area contributed by atoms with Crippen molar-refractivity contribution in [3.8, 4) is 6.07 Å². The molecule has 0 aliphatic carbocycles. The Morgan fingerprint density at radius 2 is 2.28 bits per heavy atom. The number of aromatic nitrogens is 4. The second-order valence-electron chi connectivity index (χ2n) is 3.81. The molecule has 0 aliphatic heterocycles. The van der Waals surface area contributed by atoms with Crippen LogP contribution in [0.25, 0.3) is 0 Å². The number of aromatic amines is 1. The summed E-state index contributed by atoms with van der Waals surface area (Å²) >= 11 is 0. The largest absolute Gasteiger partial charge is 0.338 e. The highest BCUT2D eigenvalue weighted by molar-refractivity contribution is 5.21. The van der Waals surface area contributed by atoms with E-state index in [1.165, 1.54) is 10.8 Å². The van der Waals surface area contributed by atoms with Crippen molar-refractivity contribution in [2.24, 2.45) is 7.05 Å². The predicted octanol–water partition coefficient (Wildman–Crippen LogP) is -0.616. The van der Waals surface area contributed by atoms with Gasteiger partial charge in [-0.15, -0.1) is 0 Å². The number of aryl methyl sites for hydroxylation is 3. The highest BCUT2D eigenvalue weighted by Gasteiger charge is 2.05. The van der Waals surface area contributed by atoms with E-state index in [9.17, 15) is 9.59 Å². The minimum absolute atomic E-state index is 0.0746. The van der Waals surface area contributed by atoms with Gasteiger partial charge in [-0.3, -0.25) is 14.3 Å². The molecule has 0 aliphatic rings. The Morgan fingerprint density at radius 3 is 2.89 bits per heavy atom. The second-order valence-corrected chi connectivity index (χ2v) is 3.81. The summed E-state index contributed by atoms with van der Waals surface area (Å²) in [6, 6.07) is 1.74. The molecule has 0 atom stereocenters. The van der Waals surface area contributed by atoms with Crippen molar-refractivity contribution < 1.29 is 0 Å². The number of hydrogen-bond donors (Lipinski definition) is 1. The molecule has 7 nitrogen and oxygen atoms in total. The number of rotatable bonds is 3. The van der Waals surface area contributed by atoms with Gasteiger partial charge in [-0.1, -0.05) is 0 Å². The van der Waals surface area contributed by atoms with Gasteiger partial charge < -0.3 is 4.57 Å². The van der Waals surface area contributed by atoms with Crippen molar-refractivity contribution in [2.75, 3.05) is 0 Å². The first kappa shape index (κ1) is 11.9. The molecule has 0 saturated carbocycles. The van der Waals surface area contributed by atoms with Gasteiger partial charge in [0, 0.05) is 38.6 Å². The monoisotopic (exact) mass is 245 g/mol. The smallest absolute Gasteiger partial charge is 0.328 e. The first-order valence-electron chi connectivity index (χ1n) is 5.32. The zero-order valence-corrected chi connectivity index (χ0v) is 9.75. The summed E-state index contributed by atoms with van der Waals surface area (Å²) in [6.45, 7) is 0.356. The van der Waals surface area contributed by atoms with Gasteiger partial charge in [0.15, 0.2) is 0 Å². The summed E-state index contributed by atoms with van der Waals surface area (Å²) in [4.78, 5) is 29.0. The van der Waals surface area contributed by atoms with Crippen LogP contribution in [0.15, 0.2) is 28.2 Å². The fraction of sp³-hybridized carbons (Fsp3) is 0.273. The molecule has 0 spiro atoms. The summed E-state index contributed by atoms with van der Waals surface area (Å²) in [5.41, 5.74) is -1.25. The maximum absolute atomic E-state index is 11.5. The van der Waals surface area contributed by atoms with Gasteiger partial charge in [0.05, 0.1) is 0 Å². The van der Waals surface area contributed by atoms with Gasteiger partial charge in [0.25, 0.3) is 5.56 Å². The topological polar surface area (TPSA) is 96.5 Å². The lowest BCUT2D eigenvalue weighted by Gasteiger charge is -2.05. The molecule has 0 saturated heterocycles. The molecule has 0 radical (unpaired) electrons. The van der Waals surface area contributed by atoms with Crippen LogP contribution < -0.4 is 11.2 Å². The summed E-state index contributed by atoms with van der Waals surface area (Å²) in [5.74, 6) is 0.826. The predicted molar refractivity (Wildman–Crippen MR) is 62.9 cm³/mol. The molecule has 0 unspecified atom stereocenters. The van der Waals surface area contributed by atoms with Crippen LogP contribution in [0.2, 0.25) is 0 Å². The Labute approximate surface area is 102 Å². The molecule has 2 aromatic heterocycles. The van der Waals surface area contributed by atoms with Gasteiger partial charge in [-0.25, -0.2) is 9.78 Å². The lowest BCUT2D eigenvalue weighted by atomic mass is 10.3. The standard InChI is InChI=1S/C11H11N5O2/c1-15-5-3-13-9(15)2-4-16-7-8(6-12)10(17)14-11(16)18/h3,5,7H,2,4H2,1H3,(H,14,17,18). The normalized spacial score (nSPS) is 10.2. The van der Waals surface area contributed by atoms with E-state index in [0.717, 1.165) is 5.82 Å². The fourth-order valence-corrected chi connectivity index (χ4v) is 1.61. The number of nitrogens with one attached hydrogen (secondary N) is 1. The summed E-state index contributed by atoms with van der Waals surface area (Å²) in [7, 11) is 1.86. The first-order valence-corrected chi connectivity index (χ1v) is 5.32. The first-order chi connectivity index (χ1) is 8.61. The number of nitriles is 1. The van der Waals surface area contributed by atoms with Crippen LogP contribution in [0.3, 0.4) is 0 Å². The number of imidazole rings is 1. The van der Waals surface area contributed by atoms with E-state index < -0.39 is 11.2 Å². The molecule has 0 aromatic carbocycles. The molecule has 92 valence electrons. The van der Waals surface area contributed by atoms with Crippen molar-refractivity contribution >= 4 is 0 Å². The van der Waals surface area contributed by atoms with E-state index in [-0.39, 0.29) is 5.56 Å². The van der Waals surface area contributed by atoms with E-state index >= 15 is 0 Å². The van der Waals surface area contributed by atoms with E-state index in [2.05, 4.69) is 9.97 Å². The van der Waals surface area contributed by atoms with Crippen LogP contribution in [0.5, 0.6) is 0 Å². The second kappa shape index (κ2) is 4.71. The van der Waals surface area contributed by atoms with E-state index in [1.807, 2.05) is 17.8 Å². The number of hydrogen-bond acceptors (Lipinski definition) is 4. The quantitative estimate of drug-likeness (QED) is 0.779. The zero-order valence-electron chi connectivity index (χ0n) is 9.75. The number of nitrogens with zero attached hydrogens (tertiary/aromatic N) is 4. The summed E-state index contributed by atoms with van der Waals surface area (Å²) in [5, 5.41) is 8.73. The zero-order chi connectivity index (χ0) is 13.1. The summed E-state index contributed by atoms with van der Waals surface area (Å²) in [6.07, 6.45) is 5.29. The van der Waals surface area contributed by atoms with Crippen LogP contribution in [0.4, 0.5) is 0 Å². The lowest BCUT2D eigenvalue weighted by Crippen LogP contribution is -2.31. The molecule has 0 amide bonds. The average Bonchev–Trinajstić information content (AvgIpc) is 2.74. The van der Waals surface area contributed by atoms with Crippen LogP contribution in [0, 0.1) is 11.3 Å². The molecule has 2 heterocycles. The van der Waals surface area contributed by atoms with E-state index in [0.29, 0.717) is 13.0 Å². The van der Waals surface area contributed by atoms with E-state index in [1.54, 1.807) is 12.3 Å². The van der Waals surface area contributed by atoms with Crippen molar-refractivity contribution in [2.45, 2.75) is 13.0 Å². The molecule has 2 aromatic rings. The van der Waals surface area contributed by atoms with Crippen LogP contribution in [0.1, 0.15) is 11.4 Å². The molecule has 7 heteroatoms. The highest BCUT2D eigenvalue weighted by Crippen LogP contribution is 1.97. The molecule has 18 heavy (non-hydrogen) atoms. The van der Waals surface area contributed by atoms with Crippen LogP contribution >= 0.6 is 0 Å². The third-order valence-corrected chi connectivity index (χ3v) is 2.63. The van der Waals surface area contributed by atoms with Crippen molar-refractivity contribution in [1.29, 1.82) is 5.26 Å². The van der Waals surface area contributed by atoms with Crippen molar-refractivity contribution in [3.63, 3.8) is 0 Å². The minimum atomic E-state index is -0.657. The Balaban J connectivity index is 2.25. The Hall–Kier alpha value is -2.62. The van der Waals surface area contributed by atoms with Gasteiger partial charge >= 0.3 is 5.69 Å². The fourth-order valence-electron chi connectivity index (χ4n) is 1.61. The molecular weight excluding hydrogens is 234 g/mol. The Kier molecular flexibility index (Phi) is 3.10. The number of H-pyrrole nitrogens is 1. The minimum Gasteiger partial charge on any atom is -0.338 e. The van der Waals surface area contributed by atoms with Gasteiger partial charge in [-0.2, -0.15) is 5.26 Å². The summed E-state index contributed by atoms with van der Waals surface area (Å²) < 4.78 is 3.15. The van der Waals surface area contributed by atoms with E-state index in [4.69, 9.17) is 5.26 Å². The van der Waals surface area contributed by atoms with Gasteiger partial charge in [0.2, 0.25) is 0 Å². The van der Waals surface area contributed by atoms with Gasteiger partial charge in [-0.05, 0) is 0 Å². The highest BCUT2D eigenvalue weighted by atomic mass is 16.2. The van der Waals surface area contributed by atoms with Crippen molar-refractivity contribution in [3.05, 3.63) is 50.8 Å². The maximum atomic E-state index is 11.5. The molecule has 0 bridgehead atoms. The third-order valence-electron chi connectivity index (χ3n) is 2.63. The SMILES string of the molecule is Cn1ccnc1CCn1cc(C#N)c(=O)[nH]c1=O. The molecular formula is C11H11N5O2. The maximum Gasteiger partial charge on any atom is 0.328 e. The van der Waals surface area contributed by atoms with Crippen LogP contribution in [-0.4, -0.2) is 19.1 Å². The third kappa shape index (κ3) is 2.22. The molecule has 0 fully saturated rings. The Morgan fingerprint density at radius 1 is 1.50 bits per heavy atom. The average molecular weight is 245 g/mol. The molecule has 2 rings (SSSR count). The lowest BCUT2D eigenvalue weighted by molar-refractivity contribution is 0.613.